The van der Waals surface area contributed by atoms with Gasteiger partial charge in [0.25, 0.3) is 0 Å². The van der Waals surface area contributed by atoms with Gasteiger partial charge in [0.15, 0.2) is 0 Å². The minimum atomic E-state index is 0.134. The summed E-state index contributed by atoms with van der Waals surface area (Å²) in [6, 6.07) is 12.4. The van der Waals surface area contributed by atoms with Crippen molar-refractivity contribution >= 4 is 43.5 Å². The van der Waals surface area contributed by atoms with Crippen LogP contribution in [0.5, 0.6) is 5.75 Å². The molecule has 0 spiro atoms. The summed E-state index contributed by atoms with van der Waals surface area (Å²) in [4.78, 5) is 0.134. The van der Waals surface area contributed by atoms with E-state index >= 15 is 0 Å². The van der Waals surface area contributed by atoms with Gasteiger partial charge in [0.1, 0.15) is 11.9 Å². The van der Waals surface area contributed by atoms with E-state index in [1.54, 1.807) is 0 Å². The largest absolute Gasteiger partial charge is 0.490 e. The maximum Gasteiger partial charge on any atom is 0.123 e. The summed E-state index contributed by atoms with van der Waals surface area (Å²) in [6.45, 7) is 2.10. The zero-order valence-electron chi connectivity index (χ0n) is 10.9. The van der Waals surface area contributed by atoms with Crippen molar-refractivity contribution < 1.29 is 4.74 Å². The van der Waals surface area contributed by atoms with E-state index in [-0.39, 0.29) is 10.9 Å². The molecule has 1 nitrogen and oxygen atoms in total. The van der Waals surface area contributed by atoms with Gasteiger partial charge in [-0.05, 0) is 57.7 Å². The summed E-state index contributed by atoms with van der Waals surface area (Å²) in [5, 5.41) is 0.727. The first-order valence-electron chi connectivity index (χ1n) is 6.43. The van der Waals surface area contributed by atoms with E-state index < -0.39 is 0 Å². The molecule has 3 rings (SSSR count). The van der Waals surface area contributed by atoms with Crippen molar-refractivity contribution in [3.05, 3.63) is 62.6 Å². The Balaban J connectivity index is 1.93. The van der Waals surface area contributed by atoms with Crippen LogP contribution in [0.25, 0.3) is 0 Å². The summed E-state index contributed by atoms with van der Waals surface area (Å²) < 4.78 is 6.65. The molecule has 2 atom stereocenters. The van der Waals surface area contributed by atoms with Crippen molar-refractivity contribution in [1.29, 1.82) is 0 Å². The molecule has 0 radical (unpaired) electrons. The lowest BCUT2D eigenvalue weighted by Crippen LogP contribution is -2.05. The Labute approximate surface area is 140 Å². The molecule has 0 saturated carbocycles. The van der Waals surface area contributed by atoms with Crippen molar-refractivity contribution in [3.63, 3.8) is 0 Å². The molecular weight excluding hydrogens is 403 g/mol. The lowest BCUT2D eigenvalue weighted by molar-refractivity contribution is 0.254. The van der Waals surface area contributed by atoms with Crippen molar-refractivity contribution in [2.45, 2.75) is 24.3 Å². The van der Waals surface area contributed by atoms with Crippen LogP contribution in [0.15, 0.2) is 40.9 Å². The first-order valence-corrected chi connectivity index (χ1v) is 8.52. The molecule has 1 heterocycles. The van der Waals surface area contributed by atoms with Gasteiger partial charge in [-0.15, -0.1) is 0 Å². The highest BCUT2D eigenvalue weighted by atomic mass is 79.9. The zero-order chi connectivity index (χ0) is 14.3. The number of fused-ring (bicyclic) bond motifs is 1. The number of rotatable bonds is 2. The Morgan fingerprint density at radius 2 is 1.90 bits per heavy atom. The van der Waals surface area contributed by atoms with Gasteiger partial charge in [0, 0.05) is 10.9 Å². The predicted octanol–water partition coefficient (Wildman–Crippen LogP) is 5.91. The van der Waals surface area contributed by atoms with Crippen LogP contribution >= 0.6 is 43.5 Å². The van der Waals surface area contributed by atoms with Crippen molar-refractivity contribution in [2.75, 3.05) is 0 Å². The smallest absolute Gasteiger partial charge is 0.123 e. The lowest BCUT2D eigenvalue weighted by atomic mass is 10.0. The van der Waals surface area contributed by atoms with E-state index in [9.17, 15) is 0 Å². The first kappa shape index (κ1) is 14.4. The molecule has 0 N–H and O–H groups in total. The number of ether oxygens (including phenoxy) is 1. The molecule has 104 valence electrons. The number of halogens is 3. The Morgan fingerprint density at radius 1 is 1.20 bits per heavy atom. The van der Waals surface area contributed by atoms with Crippen LogP contribution in [0.3, 0.4) is 0 Å². The normalized spacial score (nSPS) is 18.5. The Morgan fingerprint density at radius 3 is 2.65 bits per heavy atom. The second-order valence-electron chi connectivity index (χ2n) is 5.04. The third-order valence-electron chi connectivity index (χ3n) is 3.45. The quantitative estimate of drug-likeness (QED) is 0.553. The van der Waals surface area contributed by atoms with Crippen LogP contribution in [0, 0.1) is 0 Å². The molecule has 2 unspecified atom stereocenters. The number of alkyl halides is 1. The van der Waals surface area contributed by atoms with E-state index in [0.717, 1.165) is 27.2 Å². The van der Waals surface area contributed by atoms with Crippen molar-refractivity contribution in [3.8, 4) is 5.75 Å². The maximum absolute atomic E-state index is 6.17. The lowest BCUT2D eigenvalue weighted by Gasteiger charge is -2.13. The minimum absolute atomic E-state index is 0.134. The molecule has 0 aliphatic carbocycles. The van der Waals surface area contributed by atoms with Gasteiger partial charge in [0.2, 0.25) is 0 Å². The zero-order valence-corrected chi connectivity index (χ0v) is 14.8. The van der Waals surface area contributed by atoms with Crippen LogP contribution in [-0.2, 0) is 6.42 Å². The van der Waals surface area contributed by atoms with Gasteiger partial charge in [-0.3, -0.25) is 0 Å². The molecule has 20 heavy (non-hydrogen) atoms. The van der Waals surface area contributed by atoms with E-state index in [2.05, 4.69) is 63.0 Å². The van der Waals surface area contributed by atoms with E-state index in [4.69, 9.17) is 16.3 Å². The fourth-order valence-electron chi connectivity index (χ4n) is 2.46. The molecule has 0 saturated heterocycles. The van der Waals surface area contributed by atoms with E-state index in [1.165, 1.54) is 11.1 Å². The third kappa shape index (κ3) is 2.76. The monoisotopic (exact) mass is 414 g/mol. The minimum Gasteiger partial charge on any atom is -0.490 e. The van der Waals surface area contributed by atoms with Crippen LogP contribution < -0.4 is 4.74 Å². The molecule has 4 heteroatoms. The SMILES string of the molecule is CC1Cc2cc(C(Br)c3ccc(Br)c(Cl)c3)ccc2O1. The summed E-state index contributed by atoms with van der Waals surface area (Å²) in [6.07, 6.45) is 1.25. The Hall–Kier alpha value is -0.510. The topological polar surface area (TPSA) is 9.23 Å². The second-order valence-corrected chi connectivity index (χ2v) is 7.21. The van der Waals surface area contributed by atoms with Crippen LogP contribution in [0.1, 0.15) is 28.4 Å². The van der Waals surface area contributed by atoms with Crippen molar-refractivity contribution in [2.24, 2.45) is 0 Å². The average Bonchev–Trinajstić information content (AvgIpc) is 2.80. The fourth-order valence-corrected chi connectivity index (χ4v) is 3.47. The number of hydrogen-bond acceptors (Lipinski definition) is 1. The average molecular weight is 417 g/mol. The fraction of sp³-hybridized carbons (Fsp3) is 0.250. The van der Waals surface area contributed by atoms with Crippen LogP contribution in [-0.4, -0.2) is 6.10 Å². The maximum atomic E-state index is 6.17. The third-order valence-corrected chi connectivity index (χ3v) is 5.74. The summed E-state index contributed by atoms with van der Waals surface area (Å²) in [5.41, 5.74) is 3.65. The molecule has 0 fully saturated rings. The number of hydrogen-bond donors (Lipinski definition) is 0. The number of benzene rings is 2. The molecule has 0 amide bonds. The summed E-state index contributed by atoms with van der Waals surface area (Å²) in [5.74, 6) is 1.01. The van der Waals surface area contributed by atoms with Gasteiger partial charge in [-0.2, -0.15) is 0 Å². The highest BCUT2D eigenvalue weighted by Crippen LogP contribution is 2.38. The van der Waals surface area contributed by atoms with Gasteiger partial charge in [-0.1, -0.05) is 45.7 Å². The highest BCUT2D eigenvalue weighted by molar-refractivity contribution is 9.10. The second kappa shape index (κ2) is 5.70. The molecule has 0 bridgehead atoms. The first-order chi connectivity index (χ1) is 9.54. The van der Waals surface area contributed by atoms with E-state index in [0.29, 0.717) is 0 Å². The van der Waals surface area contributed by atoms with Gasteiger partial charge >= 0.3 is 0 Å². The van der Waals surface area contributed by atoms with E-state index in [1.807, 2.05) is 12.1 Å². The molecule has 2 aromatic carbocycles. The predicted molar refractivity (Wildman–Crippen MR) is 90.2 cm³/mol. The summed E-state index contributed by atoms with van der Waals surface area (Å²) in [7, 11) is 0. The van der Waals surface area contributed by atoms with Gasteiger partial charge < -0.3 is 4.74 Å². The molecule has 0 aromatic heterocycles. The van der Waals surface area contributed by atoms with Gasteiger partial charge in [0.05, 0.1) is 9.85 Å². The Bertz CT molecular complexity index is 657. The molecular formula is C16H13Br2ClO. The highest BCUT2D eigenvalue weighted by Gasteiger charge is 2.21. The molecule has 1 aliphatic heterocycles. The molecule has 1 aliphatic rings. The molecule has 2 aromatic rings. The Kier molecular flexibility index (Phi) is 4.11. The standard InChI is InChI=1S/C16H13Br2ClO/c1-9-6-12-7-10(3-5-15(12)20-9)16(18)11-2-4-13(17)14(19)8-11/h2-5,7-9,16H,6H2,1H3. The van der Waals surface area contributed by atoms with Crippen LogP contribution in [0.4, 0.5) is 0 Å². The van der Waals surface area contributed by atoms with Gasteiger partial charge in [-0.25, -0.2) is 0 Å². The van der Waals surface area contributed by atoms with Crippen LogP contribution in [0.2, 0.25) is 5.02 Å². The summed E-state index contributed by atoms with van der Waals surface area (Å²) >= 11 is 13.4. The van der Waals surface area contributed by atoms with Crippen molar-refractivity contribution in [1.82, 2.24) is 0 Å².